The van der Waals surface area contributed by atoms with Gasteiger partial charge in [0.1, 0.15) is 0 Å². The predicted molar refractivity (Wildman–Crippen MR) is 54.3 cm³/mol. The van der Waals surface area contributed by atoms with Crippen LogP contribution >= 0.6 is 0 Å². The molecule has 0 aliphatic rings. The first kappa shape index (κ1) is 14.8. The van der Waals surface area contributed by atoms with E-state index in [0.717, 1.165) is 0 Å². The number of aliphatic hydroxyl groups excluding tert-OH is 1. The van der Waals surface area contributed by atoms with Crippen molar-refractivity contribution in [2.75, 3.05) is 46.2 Å². The van der Waals surface area contributed by atoms with E-state index in [1.54, 1.807) is 12.1 Å². The fourth-order valence-corrected chi connectivity index (χ4v) is 0.809. The second-order valence-corrected chi connectivity index (χ2v) is 2.83. The molecule has 6 heteroatoms. The van der Waals surface area contributed by atoms with Crippen LogP contribution in [0.2, 0.25) is 0 Å². The van der Waals surface area contributed by atoms with Crippen molar-refractivity contribution < 1.29 is 19.3 Å². The first-order valence-corrected chi connectivity index (χ1v) is 4.98. The molecule has 0 atom stereocenters. The highest BCUT2D eigenvalue weighted by atomic mass is 16.5. The summed E-state index contributed by atoms with van der Waals surface area (Å²) in [7, 11) is 0. The van der Waals surface area contributed by atoms with Crippen LogP contribution in [0.25, 0.3) is 0 Å². The molecular formula is C10H16N2O4. The Bertz CT molecular complexity index is 220. The lowest BCUT2D eigenvalue weighted by Crippen LogP contribution is -2.13. The number of ether oxygens (including phenoxy) is 3. The molecule has 0 aliphatic heterocycles. The van der Waals surface area contributed by atoms with E-state index in [9.17, 15) is 0 Å². The van der Waals surface area contributed by atoms with Gasteiger partial charge in [0, 0.05) is 0 Å². The van der Waals surface area contributed by atoms with E-state index in [-0.39, 0.29) is 13.2 Å². The van der Waals surface area contributed by atoms with Gasteiger partial charge in [0.25, 0.3) is 0 Å². The van der Waals surface area contributed by atoms with Crippen LogP contribution in [0.1, 0.15) is 0 Å². The molecule has 90 valence electrons. The Hall–Kier alpha value is -1.18. The summed E-state index contributed by atoms with van der Waals surface area (Å²) in [5.41, 5.74) is 0. The Balaban J connectivity index is 3.11. The summed E-state index contributed by atoms with van der Waals surface area (Å²) < 4.78 is 15.1. The molecule has 0 amide bonds. The highest BCUT2D eigenvalue weighted by molar-refractivity contribution is 4.98. The maximum atomic E-state index is 8.43. The molecule has 0 spiro atoms. The highest BCUT2D eigenvalue weighted by Crippen LogP contribution is 1.92. The molecule has 0 aromatic carbocycles. The van der Waals surface area contributed by atoms with Crippen LogP contribution in [0.5, 0.6) is 0 Å². The van der Waals surface area contributed by atoms with Crippen molar-refractivity contribution in [2.45, 2.75) is 0 Å². The standard InChI is InChI=1S/C10H16N2O4/c11-7-10(8-12)9-16-6-5-15-4-3-14-2-1-13/h10,13H,1-6,9H2. The Kier molecular flexibility index (Phi) is 11.0. The van der Waals surface area contributed by atoms with E-state index in [1.807, 2.05) is 0 Å². The Morgan fingerprint density at radius 1 is 0.875 bits per heavy atom. The summed E-state index contributed by atoms with van der Waals surface area (Å²) in [6, 6.07) is 3.61. The molecule has 0 saturated heterocycles. The van der Waals surface area contributed by atoms with Crippen molar-refractivity contribution in [1.29, 1.82) is 10.5 Å². The van der Waals surface area contributed by atoms with Gasteiger partial charge in [-0.15, -0.1) is 0 Å². The second-order valence-electron chi connectivity index (χ2n) is 2.83. The van der Waals surface area contributed by atoms with Gasteiger partial charge in [0.2, 0.25) is 0 Å². The number of aliphatic hydroxyl groups is 1. The molecule has 0 unspecified atom stereocenters. The van der Waals surface area contributed by atoms with Gasteiger partial charge in [-0.05, 0) is 0 Å². The number of hydrogen-bond acceptors (Lipinski definition) is 6. The second kappa shape index (κ2) is 11.9. The first-order valence-electron chi connectivity index (χ1n) is 4.98. The highest BCUT2D eigenvalue weighted by Gasteiger charge is 2.03. The molecule has 0 aliphatic carbocycles. The van der Waals surface area contributed by atoms with Gasteiger partial charge in [0.15, 0.2) is 5.92 Å². The fraction of sp³-hybridized carbons (Fsp3) is 0.800. The van der Waals surface area contributed by atoms with Gasteiger partial charge < -0.3 is 19.3 Å². The summed E-state index contributed by atoms with van der Waals surface area (Å²) in [6.07, 6.45) is 0. The summed E-state index contributed by atoms with van der Waals surface area (Å²) in [4.78, 5) is 0. The van der Waals surface area contributed by atoms with Crippen molar-refractivity contribution in [3.63, 3.8) is 0 Å². The third-order valence-electron chi connectivity index (χ3n) is 1.58. The van der Waals surface area contributed by atoms with Gasteiger partial charge in [-0.3, -0.25) is 0 Å². The van der Waals surface area contributed by atoms with E-state index >= 15 is 0 Å². The number of rotatable bonds is 10. The Labute approximate surface area is 94.9 Å². The number of nitriles is 2. The zero-order valence-electron chi connectivity index (χ0n) is 9.09. The monoisotopic (exact) mass is 228 g/mol. The summed E-state index contributed by atoms with van der Waals surface area (Å²) >= 11 is 0. The van der Waals surface area contributed by atoms with Gasteiger partial charge in [0.05, 0.1) is 58.4 Å². The minimum atomic E-state index is -0.715. The summed E-state index contributed by atoms with van der Waals surface area (Å²) in [5.74, 6) is -0.715. The molecule has 0 saturated carbocycles. The van der Waals surface area contributed by atoms with E-state index in [1.165, 1.54) is 0 Å². The summed E-state index contributed by atoms with van der Waals surface area (Å²) in [5, 5.41) is 25.3. The van der Waals surface area contributed by atoms with Crippen molar-refractivity contribution in [2.24, 2.45) is 5.92 Å². The molecule has 16 heavy (non-hydrogen) atoms. The number of nitrogens with zero attached hydrogens (tertiary/aromatic N) is 2. The zero-order valence-corrected chi connectivity index (χ0v) is 9.09. The minimum Gasteiger partial charge on any atom is -0.394 e. The van der Waals surface area contributed by atoms with Gasteiger partial charge in [-0.2, -0.15) is 10.5 Å². The van der Waals surface area contributed by atoms with Crippen LogP contribution in [0, 0.1) is 28.6 Å². The predicted octanol–water partition coefficient (Wildman–Crippen LogP) is -0.308. The SMILES string of the molecule is N#CC(C#N)COCCOCCOCCO. The van der Waals surface area contributed by atoms with Crippen molar-refractivity contribution in [3.05, 3.63) is 0 Å². The van der Waals surface area contributed by atoms with Crippen molar-refractivity contribution in [3.8, 4) is 12.1 Å². The van der Waals surface area contributed by atoms with Gasteiger partial charge in [-0.25, -0.2) is 0 Å². The third kappa shape index (κ3) is 9.38. The van der Waals surface area contributed by atoms with Crippen LogP contribution in [-0.4, -0.2) is 51.4 Å². The van der Waals surface area contributed by atoms with E-state index in [0.29, 0.717) is 33.0 Å². The zero-order chi connectivity index (χ0) is 12.1. The lowest BCUT2D eigenvalue weighted by Gasteiger charge is -2.06. The Morgan fingerprint density at radius 3 is 1.88 bits per heavy atom. The van der Waals surface area contributed by atoms with Crippen LogP contribution < -0.4 is 0 Å². The molecule has 0 radical (unpaired) electrons. The molecule has 0 fully saturated rings. The average Bonchev–Trinajstić information content (AvgIpc) is 2.32. The summed E-state index contributed by atoms with van der Waals surface area (Å²) in [6.45, 7) is 2.03. The van der Waals surface area contributed by atoms with E-state index in [4.69, 9.17) is 29.8 Å². The van der Waals surface area contributed by atoms with Gasteiger partial charge in [-0.1, -0.05) is 0 Å². The first-order chi connectivity index (χ1) is 7.85. The smallest absolute Gasteiger partial charge is 0.156 e. The Morgan fingerprint density at radius 2 is 1.38 bits per heavy atom. The average molecular weight is 228 g/mol. The maximum absolute atomic E-state index is 8.43. The topological polar surface area (TPSA) is 95.5 Å². The van der Waals surface area contributed by atoms with Gasteiger partial charge >= 0.3 is 0 Å². The van der Waals surface area contributed by atoms with E-state index in [2.05, 4.69) is 0 Å². The van der Waals surface area contributed by atoms with Crippen LogP contribution in [0.3, 0.4) is 0 Å². The van der Waals surface area contributed by atoms with Crippen LogP contribution in [0.4, 0.5) is 0 Å². The molecule has 0 aromatic heterocycles. The van der Waals surface area contributed by atoms with E-state index < -0.39 is 5.92 Å². The molecule has 0 aromatic rings. The third-order valence-corrected chi connectivity index (χ3v) is 1.58. The largest absolute Gasteiger partial charge is 0.394 e. The van der Waals surface area contributed by atoms with Crippen molar-refractivity contribution in [1.82, 2.24) is 0 Å². The molecule has 0 heterocycles. The lowest BCUT2D eigenvalue weighted by atomic mass is 10.2. The fourth-order valence-electron chi connectivity index (χ4n) is 0.809. The maximum Gasteiger partial charge on any atom is 0.156 e. The molecular weight excluding hydrogens is 212 g/mol. The quantitative estimate of drug-likeness (QED) is 0.515. The van der Waals surface area contributed by atoms with Crippen LogP contribution in [0.15, 0.2) is 0 Å². The normalized spacial score (nSPS) is 10.0. The van der Waals surface area contributed by atoms with Crippen LogP contribution in [-0.2, 0) is 14.2 Å². The number of hydrogen-bond donors (Lipinski definition) is 1. The molecule has 6 nitrogen and oxygen atoms in total. The molecule has 0 rings (SSSR count). The lowest BCUT2D eigenvalue weighted by molar-refractivity contribution is 0.00637. The van der Waals surface area contributed by atoms with Crippen molar-refractivity contribution >= 4 is 0 Å². The molecule has 1 N–H and O–H groups in total. The minimum absolute atomic E-state index is 0.00676. The molecule has 0 bridgehead atoms.